The first-order valence-corrected chi connectivity index (χ1v) is 8.67. The zero-order valence-electron chi connectivity index (χ0n) is 13.9. The van der Waals surface area contributed by atoms with E-state index in [9.17, 15) is 14.4 Å². The number of carbonyl (C=O) groups is 1. The van der Waals surface area contributed by atoms with Gasteiger partial charge in [0.2, 0.25) is 0 Å². The van der Waals surface area contributed by atoms with Crippen LogP contribution in [0.25, 0.3) is 0 Å². The fraction of sp³-hybridized carbons (Fsp3) is 0.111. The number of hydrogen-bond acceptors (Lipinski definition) is 6. The van der Waals surface area contributed by atoms with E-state index < -0.39 is 5.82 Å². The molecule has 0 amide bonds. The summed E-state index contributed by atoms with van der Waals surface area (Å²) in [5, 5.41) is 16.9. The highest BCUT2D eigenvalue weighted by Gasteiger charge is 2.19. The maximum atomic E-state index is 13.3. The van der Waals surface area contributed by atoms with Gasteiger partial charge in [-0.05, 0) is 44.8 Å². The van der Waals surface area contributed by atoms with Gasteiger partial charge in [-0.2, -0.15) is 0 Å². The summed E-state index contributed by atoms with van der Waals surface area (Å²) in [6.07, 6.45) is 0.193. The predicted molar refractivity (Wildman–Crippen MR) is 98.4 cm³/mol. The molecular formula is C18H14BrFN4O3. The number of rotatable bonds is 6. The fourth-order valence-electron chi connectivity index (χ4n) is 2.39. The molecule has 1 aromatic heterocycles. The topological polar surface area (TPSA) is 101 Å². The van der Waals surface area contributed by atoms with Crippen LogP contribution in [0.4, 0.5) is 10.1 Å². The molecule has 0 radical (unpaired) electrons. The molecule has 27 heavy (non-hydrogen) atoms. The molecule has 0 bridgehead atoms. The molecule has 0 saturated carbocycles. The van der Waals surface area contributed by atoms with E-state index in [0.717, 1.165) is 5.56 Å². The molecule has 0 aliphatic heterocycles. The molecular weight excluding hydrogens is 419 g/mol. The van der Waals surface area contributed by atoms with Crippen molar-refractivity contribution in [2.75, 3.05) is 0 Å². The molecule has 0 atom stereocenters. The van der Waals surface area contributed by atoms with Crippen molar-refractivity contribution in [2.45, 2.75) is 12.8 Å². The van der Waals surface area contributed by atoms with Crippen LogP contribution >= 0.6 is 15.9 Å². The van der Waals surface area contributed by atoms with Gasteiger partial charge in [0, 0.05) is 6.42 Å². The first kappa shape index (κ1) is 18.9. The van der Waals surface area contributed by atoms with Gasteiger partial charge < -0.3 is 0 Å². The second-order valence-corrected chi connectivity index (χ2v) is 6.46. The molecule has 7 nitrogen and oxygen atoms in total. The monoisotopic (exact) mass is 432 g/mol. The predicted octanol–water partition coefficient (Wildman–Crippen LogP) is 3.38. The second kappa shape index (κ2) is 8.65. The van der Waals surface area contributed by atoms with Gasteiger partial charge >= 0.3 is 0 Å². The van der Waals surface area contributed by atoms with Crippen LogP contribution in [0.15, 0.2) is 62.6 Å². The van der Waals surface area contributed by atoms with Crippen molar-refractivity contribution in [3.63, 3.8) is 0 Å². The molecule has 3 rings (SSSR count). The summed E-state index contributed by atoms with van der Waals surface area (Å²) >= 11 is 3.07. The van der Waals surface area contributed by atoms with E-state index in [2.05, 4.69) is 31.2 Å². The van der Waals surface area contributed by atoms with Crippen molar-refractivity contribution in [1.29, 1.82) is 0 Å². The largest absolute Gasteiger partial charge is 0.299 e. The van der Waals surface area contributed by atoms with Crippen LogP contribution in [0.3, 0.4) is 0 Å². The third-order valence-corrected chi connectivity index (χ3v) is 4.25. The Bertz CT molecular complexity index is 976. The molecule has 2 N–H and O–H groups in total. The lowest BCUT2D eigenvalue weighted by Gasteiger charge is -2.04. The quantitative estimate of drug-likeness (QED) is 0.351. The van der Waals surface area contributed by atoms with Crippen LogP contribution in [0.2, 0.25) is 0 Å². The lowest BCUT2D eigenvalue weighted by molar-refractivity contribution is -0.117. The van der Waals surface area contributed by atoms with Crippen LogP contribution in [0.1, 0.15) is 17.0 Å². The zero-order valence-corrected chi connectivity index (χ0v) is 15.5. The average molecular weight is 433 g/mol. The summed E-state index contributed by atoms with van der Waals surface area (Å²) in [5.41, 5.74) is 3.48. The Kier molecular flexibility index (Phi) is 6.05. The van der Waals surface area contributed by atoms with Crippen LogP contribution in [0.5, 0.6) is 0 Å². The van der Waals surface area contributed by atoms with Crippen LogP contribution < -0.4 is 5.48 Å². The molecule has 0 spiro atoms. The number of halogens is 2. The Labute approximate surface area is 162 Å². The fourth-order valence-corrected chi connectivity index (χ4v) is 2.76. The highest BCUT2D eigenvalue weighted by atomic mass is 79.9. The zero-order chi connectivity index (χ0) is 19.2. The van der Waals surface area contributed by atoms with Gasteiger partial charge in [0.25, 0.3) is 0 Å². The first-order chi connectivity index (χ1) is 13.1. The number of hydroxylamine groups is 1. The number of benzene rings is 2. The SMILES string of the molecule is O=C(Cc1ccccc1)Cc1nonc1C(=Nc1ccc(F)c(Br)c1)NO. The second-order valence-electron chi connectivity index (χ2n) is 5.61. The van der Waals surface area contributed by atoms with Gasteiger partial charge in [0.05, 0.1) is 16.6 Å². The molecule has 9 heteroatoms. The number of aromatic nitrogens is 2. The van der Waals surface area contributed by atoms with Crippen LogP contribution in [-0.2, 0) is 17.6 Å². The number of carbonyl (C=O) groups excluding carboxylic acids is 1. The Morgan fingerprint density at radius 3 is 2.67 bits per heavy atom. The van der Waals surface area contributed by atoms with E-state index in [1.54, 1.807) is 0 Å². The summed E-state index contributed by atoms with van der Waals surface area (Å²) < 4.78 is 18.3. The van der Waals surface area contributed by atoms with Gasteiger partial charge in [-0.3, -0.25) is 15.5 Å². The Balaban J connectivity index is 1.80. The molecule has 0 fully saturated rings. The molecule has 2 aromatic carbocycles. The smallest absolute Gasteiger partial charge is 0.182 e. The van der Waals surface area contributed by atoms with E-state index in [-0.39, 0.29) is 40.3 Å². The summed E-state index contributed by atoms with van der Waals surface area (Å²) in [5.74, 6) is -0.611. The summed E-state index contributed by atoms with van der Waals surface area (Å²) in [7, 11) is 0. The minimum absolute atomic E-state index is 0.0401. The number of amidine groups is 1. The van der Waals surface area contributed by atoms with Crippen LogP contribution in [-0.4, -0.2) is 27.1 Å². The summed E-state index contributed by atoms with van der Waals surface area (Å²) in [6.45, 7) is 0. The minimum atomic E-state index is -0.442. The van der Waals surface area contributed by atoms with Crippen molar-refractivity contribution in [3.05, 3.63) is 75.8 Å². The number of aliphatic imine (C=N–C) groups is 1. The molecule has 0 aliphatic carbocycles. The lowest BCUT2D eigenvalue weighted by atomic mass is 10.0. The third kappa shape index (κ3) is 4.83. The van der Waals surface area contributed by atoms with Crippen molar-refractivity contribution in [1.82, 2.24) is 15.8 Å². The number of ketones is 1. The normalized spacial score (nSPS) is 11.4. The van der Waals surface area contributed by atoms with Gasteiger partial charge in [-0.1, -0.05) is 35.5 Å². The van der Waals surface area contributed by atoms with Gasteiger partial charge in [0.1, 0.15) is 17.3 Å². The van der Waals surface area contributed by atoms with E-state index in [0.29, 0.717) is 5.69 Å². The van der Waals surface area contributed by atoms with E-state index in [4.69, 9.17) is 4.63 Å². The highest BCUT2D eigenvalue weighted by molar-refractivity contribution is 9.10. The lowest BCUT2D eigenvalue weighted by Crippen LogP contribution is -2.23. The van der Waals surface area contributed by atoms with Crippen molar-refractivity contribution in [2.24, 2.45) is 4.99 Å². The first-order valence-electron chi connectivity index (χ1n) is 7.88. The Hall–Kier alpha value is -2.91. The molecule has 0 unspecified atom stereocenters. The maximum absolute atomic E-state index is 13.3. The van der Waals surface area contributed by atoms with E-state index >= 15 is 0 Å². The minimum Gasteiger partial charge on any atom is -0.299 e. The number of Topliss-reactive ketones (excluding diaryl/α,β-unsaturated/α-hetero) is 1. The molecule has 138 valence electrons. The summed E-state index contributed by atoms with van der Waals surface area (Å²) in [4.78, 5) is 16.5. The molecule has 0 aliphatic rings. The Morgan fingerprint density at radius 1 is 1.19 bits per heavy atom. The third-order valence-electron chi connectivity index (χ3n) is 3.64. The van der Waals surface area contributed by atoms with Gasteiger partial charge in [-0.15, -0.1) is 0 Å². The standard InChI is InChI=1S/C18H14BrFN4O3/c19-14-9-12(6-7-15(14)20)21-18(22-26)17-16(23-27-24-17)10-13(25)8-11-4-2-1-3-5-11/h1-7,9,26H,8,10H2,(H,21,22). The number of nitrogens with one attached hydrogen (secondary N) is 1. The van der Waals surface area contributed by atoms with Crippen LogP contribution in [0, 0.1) is 5.82 Å². The number of nitrogens with zero attached hydrogens (tertiary/aromatic N) is 3. The molecule has 3 aromatic rings. The van der Waals surface area contributed by atoms with Crippen molar-refractivity contribution >= 4 is 33.2 Å². The molecule has 0 saturated heterocycles. The van der Waals surface area contributed by atoms with Crippen molar-refractivity contribution in [3.8, 4) is 0 Å². The number of hydrogen-bond donors (Lipinski definition) is 2. The summed E-state index contributed by atoms with van der Waals surface area (Å²) in [6, 6.07) is 13.4. The van der Waals surface area contributed by atoms with Gasteiger partial charge in [-0.25, -0.2) is 14.0 Å². The van der Waals surface area contributed by atoms with Gasteiger partial charge in [0.15, 0.2) is 11.5 Å². The maximum Gasteiger partial charge on any atom is 0.182 e. The van der Waals surface area contributed by atoms with E-state index in [1.165, 1.54) is 18.2 Å². The Morgan fingerprint density at radius 2 is 1.96 bits per heavy atom. The van der Waals surface area contributed by atoms with Crippen molar-refractivity contribution < 1.29 is 19.0 Å². The van der Waals surface area contributed by atoms with E-state index in [1.807, 2.05) is 35.8 Å². The average Bonchev–Trinajstić information content (AvgIpc) is 3.11. The highest BCUT2D eigenvalue weighted by Crippen LogP contribution is 2.23. The molecule has 1 heterocycles.